The lowest BCUT2D eigenvalue weighted by Gasteiger charge is -2.03. The lowest BCUT2D eigenvalue weighted by molar-refractivity contribution is 0.0697. The third-order valence-electron chi connectivity index (χ3n) is 2.58. The molecule has 0 unspecified atom stereocenters. The number of hydrogen-bond donors (Lipinski definition) is 2. The highest BCUT2D eigenvalue weighted by Gasteiger charge is 2.10. The number of aromatic nitrogens is 3. The van der Waals surface area contributed by atoms with Crippen LogP contribution in [-0.2, 0) is 17.1 Å². The van der Waals surface area contributed by atoms with Crippen LogP contribution in [0.2, 0.25) is 0 Å². The predicted octanol–water partition coefficient (Wildman–Crippen LogP) is 1.13. The molecule has 0 spiro atoms. The molecule has 2 aromatic rings. The molecule has 0 saturated carbocycles. The lowest BCUT2D eigenvalue weighted by Crippen LogP contribution is -2.14. The van der Waals surface area contributed by atoms with Crippen molar-refractivity contribution < 1.29 is 14.6 Å². The van der Waals surface area contributed by atoms with Gasteiger partial charge < -0.3 is 15.7 Å². The molecule has 0 aliphatic rings. The predicted molar refractivity (Wildman–Crippen MR) is 73.8 cm³/mol. The van der Waals surface area contributed by atoms with Gasteiger partial charge in [-0.05, 0) is 17.7 Å². The fraction of sp³-hybridized carbons (Fsp3) is 0.250. The number of hydrogen-bond acceptors (Lipinski definition) is 6. The Morgan fingerprint density at radius 2 is 2.10 bits per heavy atom. The summed E-state index contributed by atoms with van der Waals surface area (Å²) in [5, 5.41) is 17.3. The Labute approximate surface area is 119 Å². The Hall–Kier alpha value is -2.06. The first-order chi connectivity index (χ1) is 9.61. The van der Waals surface area contributed by atoms with Crippen LogP contribution >= 0.6 is 11.8 Å². The Kier molecular flexibility index (Phi) is 4.59. The normalized spacial score (nSPS) is 10.7. The second-order valence-electron chi connectivity index (χ2n) is 3.99. The van der Waals surface area contributed by atoms with Crippen LogP contribution in [0.3, 0.4) is 0 Å². The molecule has 0 radical (unpaired) electrons. The molecule has 106 valence electrons. The second-order valence-corrected chi connectivity index (χ2v) is 4.94. The summed E-state index contributed by atoms with van der Waals surface area (Å²) in [7, 11) is 1.56. The third-order valence-corrected chi connectivity index (χ3v) is 3.59. The van der Waals surface area contributed by atoms with Gasteiger partial charge in [0.2, 0.25) is 5.16 Å². The van der Waals surface area contributed by atoms with Crippen LogP contribution in [0.15, 0.2) is 29.4 Å². The van der Waals surface area contributed by atoms with Crippen molar-refractivity contribution in [3.05, 3.63) is 41.2 Å². The van der Waals surface area contributed by atoms with Crippen molar-refractivity contribution in [2.75, 3.05) is 13.0 Å². The Balaban J connectivity index is 1.99. The smallest absolute Gasteiger partial charge is 0.335 e. The number of carbonyl (C=O) groups is 1. The minimum atomic E-state index is -0.935. The van der Waals surface area contributed by atoms with Gasteiger partial charge in [-0.3, -0.25) is 0 Å². The quantitative estimate of drug-likeness (QED) is 0.608. The maximum atomic E-state index is 10.7. The van der Waals surface area contributed by atoms with Crippen LogP contribution in [0.4, 0.5) is 0 Å². The minimum absolute atomic E-state index is 0.267. The molecule has 0 aliphatic carbocycles. The summed E-state index contributed by atoms with van der Waals surface area (Å²) >= 11 is 1.42. The molecule has 0 aliphatic heterocycles. The molecule has 0 atom stereocenters. The minimum Gasteiger partial charge on any atom is -0.478 e. The van der Waals surface area contributed by atoms with Crippen LogP contribution in [-0.4, -0.2) is 33.1 Å². The van der Waals surface area contributed by atoms with E-state index in [0.717, 1.165) is 5.56 Å². The number of nitrogen functional groups attached to an aromatic ring is 1. The number of methoxy groups -OCH3 is 1. The van der Waals surface area contributed by atoms with Crippen molar-refractivity contribution >= 4 is 17.7 Å². The summed E-state index contributed by atoms with van der Waals surface area (Å²) in [6.45, 7) is 0.303. The molecule has 0 bridgehead atoms. The highest BCUT2D eigenvalue weighted by Crippen LogP contribution is 2.20. The van der Waals surface area contributed by atoms with Crippen molar-refractivity contribution in [2.24, 2.45) is 0 Å². The number of rotatable bonds is 6. The van der Waals surface area contributed by atoms with Crippen molar-refractivity contribution in [3.63, 3.8) is 0 Å². The molecule has 0 fully saturated rings. The van der Waals surface area contributed by atoms with Crippen molar-refractivity contribution in [1.82, 2.24) is 14.9 Å². The molecule has 1 heterocycles. The molecular weight excluding hydrogens is 280 g/mol. The molecule has 0 saturated heterocycles. The Morgan fingerprint density at radius 3 is 2.70 bits per heavy atom. The zero-order chi connectivity index (χ0) is 14.5. The van der Waals surface area contributed by atoms with E-state index >= 15 is 0 Å². The summed E-state index contributed by atoms with van der Waals surface area (Å²) in [6, 6.07) is 6.68. The van der Waals surface area contributed by atoms with Gasteiger partial charge in [-0.2, -0.15) is 0 Å². The van der Waals surface area contributed by atoms with Crippen LogP contribution in [0.1, 0.15) is 21.7 Å². The SMILES string of the molecule is COCc1nnc(SCc2ccc(C(=O)O)cc2)n1N. The third kappa shape index (κ3) is 3.28. The fourth-order valence-corrected chi connectivity index (χ4v) is 2.36. The average Bonchev–Trinajstić information content (AvgIpc) is 2.79. The molecular formula is C12H14N4O3S. The van der Waals surface area contributed by atoms with Gasteiger partial charge in [0.25, 0.3) is 0 Å². The van der Waals surface area contributed by atoms with E-state index in [4.69, 9.17) is 15.7 Å². The van der Waals surface area contributed by atoms with Gasteiger partial charge in [0.05, 0.1) is 5.56 Å². The molecule has 1 aromatic heterocycles. The fourth-order valence-electron chi connectivity index (χ4n) is 1.52. The van der Waals surface area contributed by atoms with Gasteiger partial charge in [-0.1, -0.05) is 23.9 Å². The largest absolute Gasteiger partial charge is 0.478 e. The summed E-state index contributed by atoms with van der Waals surface area (Å²) in [6.07, 6.45) is 0. The van der Waals surface area contributed by atoms with E-state index in [0.29, 0.717) is 23.3 Å². The van der Waals surface area contributed by atoms with Gasteiger partial charge in [0.15, 0.2) is 5.82 Å². The zero-order valence-electron chi connectivity index (χ0n) is 10.8. The molecule has 2 rings (SSSR count). The van der Waals surface area contributed by atoms with E-state index < -0.39 is 5.97 Å². The van der Waals surface area contributed by atoms with E-state index in [1.54, 1.807) is 31.4 Å². The van der Waals surface area contributed by atoms with Crippen LogP contribution in [0.25, 0.3) is 0 Å². The molecule has 7 nitrogen and oxygen atoms in total. The topological polar surface area (TPSA) is 103 Å². The van der Waals surface area contributed by atoms with E-state index in [1.165, 1.54) is 16.4 Å². The summed E-state index contributed by atoms with van der Waals surface area (Å²) in [5.41, 5.74) is 1.25. The van der Waals surface area contributed by atoms with Crippen LogP contribution in [0, 0.1) is 0 Å². The first-order valence-corrected chi connectivity index (χ1v) is 6.73. The number of aromatic carboxylic acids is 1. The lowest BCUT2D eigenvalue weighted by atomic mass is 10.1. The maximum absolute atomic E-state index is 10.7. The number of carboxylic acid groups (broad SMARTS) is 1. The zero-order valence-corrected chi connectivity index (χ0v) is 11.6. The number of nitrogens with two attached hydrogens (primary N) is 1. The molecule has 3 N–H and O–H groups in total. The highest BCUT2D eigenvalue weighted by molar-refractivity contribution is 7.98. The van der Waals surface area contributed by atoms with Crippen LogP contribution < -0.4 is 5.84 Å². The molecule has 0 amide bonds. The van der Waals surface area contributed by atoms with Crippen molar-refractivity contribution in [3.8, 4) is 0 Å². The van der Waals surface area contributed by atoms with E-state index in [9.17, 15) is 4.79 Å². The average molecular weight is 294 g/mol. The molecule has 1 aromatic carbocycles. The summed E-state index contributed by atoms with van der Waals surface area (Å²) in [4.78, 5) is 10.7. The summed E-state index contributed by atoms with van der Waals surface area (Å²) < 4.78 is 6.34. The number of carboxylic acids is 1. The number of thioether (sulfide) groups is 1. The number of ether oxygens (including phenoxy) is 1. The van der Waals surface area contributed by atoms with Gasteiger partial charge in [-0.15, -0.1) is 10.2 Å². The molecule has 20 heavy (non-hydrogen) atoms. The van der Waals surface area contributed by atoms with Gasteiger partial charge in [0, 0.05) is 12.9 Å². The van der Waals surface area contributed by atoms with Crippen molar-refractivity contribution in [2.45, 2.75) is 17.5 Å². The van der Waals surface area contributed by atoms with E-state index in [1.807, 2.05) is 0 Å². The second kappa shape index (κ2) is 6.40. The van der Waals surface area contributed by atoms with Gasteiger partial charge >= 0.3 is 5.97 Å². The van der Waals surface area contributed by atoms with Crippen LogP contribution in [0.5, 0.6) is 0 Å². The standard InChI is InChI=1S/C12H14N4O3S/c1-19-6-10-14-15-12(16(10)13)20-7-8-2-4-9(5-3-8)11(17)18/h2-5H,6-7,13H2,1H3,(H,17,18). The first-order valence-electron chi connectivity index (χ1n) is 5.75. The van der Waals surface area contributed by atoms with Gasteiger partial charge in [0.1, 0.15) is 6.61 Å². The maximum Gasteiger partial charge on any atom is 0.335 e. The van der Waals surface area contributed by atoms with Gasteiger partial charge in [-0.25, -0.2) is 9.47 Å². The number of nitrogens with zero attached hydrogens (tertiary/aromatic N) is 3. The highest BCUT2D eigenvalue weighted by atomic mass is 32.2. The summed E-state index contributed by atoms with van der Waals surface area (Å²) in [5.74, 6) is 6.07. The van der Waals surface area contributed by atoms with Crippen molar-refractivity contribution in [1.29, 1.82) is 0 Å². The van der Waals surface area contributed by atoms with E-state index in [-0.39, 0.29) is 5.56 Å². The number of benzene rings is 1. The first kappa shape index (κ1) is 14.4. The Morgan fingerprint density at radius 1 is 1.40 bits per heavy atom. The Bertz CT molecular complexity index is 597. The van der Waals surface area contributed by atoms with E-state index in [2.05, 4.69) is 10.2 Å². The monoisotopic (exact) mass is 294 g/mol. The molecule has 8 heteroatoms.